The number of rotatable bonds is 1. The molecule has 2 nitrogen and oxygen atoms in total. The molecule has 3 aromatic carbocycles. The Hall–Kier alpha value is -2.23. The number of thioether (sulfide) groups is 1. The molecule has 3 aromatic rings. The first-order valence-electron chi connectivity index (χ1n) is 7.19. The molecular weight excluding hydrogens is 326 g/mol. The van der Waals surface area contributed by atoms with Crippen LogP contribution in [-0.2, 0) is 4.79 Å². The van der Waals surface area contributed by atoms with Crippen LogP contribution in [0.2, 0.25) is 5.02 Å². The Kier molecular flexibility index (Phi) is 3.60. The molecular formula is C19H12ClNOS. The second-order valence-electron chi connectivity index (χ2n) is 5.28. The molecule has 23 heavy (non-hydrogen) atoms. The Morgan fingerprint density at radius 2 is 1.74 bits per heavy atom. The van der Waals surface area contributed by atoms with E-state index in [1.807, 2.05) is 54.6 Å². The van der Waals surface area contributed by atoms with Gasteiger partial charge in [-0.3, -0.25) is 4.79 Å². The Balaban J connectivity index is 1.76. The van der Waals surface area contributed by atoms with E-state index in [1.54, 1.807) is 0 Å². The summed E-state index contributed by atoms with van der Waals surface area (Å²) < 4.78 is 0. The van der Waals surface area contributed by atoms with Gasteiger partial charge in [0.15, 0.2) is 0 Å². The van der Waals surface area contributed by atoms with Crippen LogP contribution in [0.4, 0.5) is 5.69 Å². The van der Waals surface area contributed by atoms with E-state index in [1.165, 1.54) is 11.8 Å². The Morgan fingerprint density at radius 1 is 0.957 bits per heavy atom. The second kappa shape index (κ2) is 5.76. The van der Waals surface area contributed by atoms with Crippen molar-refractivity contribution >= 4 is 51.8 Å². The van der Waals surface area contributed by atoms with Gasteiger partial charge in [-0.15, -0.1) is 0 Å². The van der Waals surface area contributed by atoms with Crippen LogP contribution in [0.25, 0.3) is 16.8 Å². The number of halogens is 1. The van der Waals surface area contributed by atoms with E-state index in [-0.39, 0.29) is 5.91 Å². The number of benzene rings is 3. The van der Waals surface area contributed by atoms with Gasteiger partial charge >= 0.3 is 0 Å². The predicted molar refractivity (Wildman–Crippen MR) is 97.9 cm³/mol. The minimum Gasteiger partial charge on any atom is -0.320 e. The lowest BCUT2D eigenvalue weighted by molar-refractivity contribution is -0.112. The van der Waals surface area contributed by atoms with E-state index in [9.17, 15) is 4.79 Å². The van der Waals surface area contributed by atoms with E-state index in [4.69, 9.17) is 11.6 Å². The fourth-order valence-corrected chi connectivity index (χ4v) is 3.71. The van der Waals surface area contributed by atoms with Crippen molar-refractivity contribution in [3.63, 3.8) is 0 Å². The molecule has 0 atom stereocenters. The van der Waals surface area contributed by atoms with Gasteiger partial charge in [-0.05, 0) is 35.2 Å². The molecule has 112 valence electrons. The third kappa shape index (κ3) is 2.74. The van der Waals surface area contributed by atoms with Crippen LogP contribution < -0.4 is 5.32 Å². The van der Waals surface area contributed by atoms with Crippen molar-refractivity contribution < 1.29 is 4.79 Å². The average molecular weight is 338 g/mol. The first-order chi connectivity index (χ1) is 11.2. The SMILES string of the molecule is O=C1Nc2c(ccc3ccccc23)SC1=Cc1ccc(Cl)cc1. The summed E-state index contributed by atoms with van der Waals surface area (Å²) in [7, 11) is 0. The summed E-state index contributed by atoms with van der Waals surface area (Å²) in [4.78, 5) is 14.2. The maximum atomic E-state index is 12.4. The number of amides is 1. The standard InChI is InChI=1S/C19H12ClNOS/c20-14-8-5-12(6-9-14)11-17-19(22)21-18-15-4-2-1-3-13(15)7-10-16(18)23-17/h1-11H,(H,21,22). The van der Waals surface area contributed by atoms with Crippen molar-refractivity contribution in [3.8, 4) is 0 Å². The Bertz CT molecular complexity index is 947. The van der Waals surface area contributed by atoms with Gasteiger partial charge < -0.3 is 5.32 Å². The normalized spacial score (nSPS) is 15.5. The van der Waals surface area contributed by atoms with Crippen molar-refractivity contribution in [1.82, 2.24) is 0 Å². The monoisotopic (exact) mass is 337 g/mol. The van der Waals surface area contributed by atoms with Crippen molar-refractivity contribution in [2.45, 2.75) is 4.90 Å². The molecule has 0 fully saturated rings. The summed E-state index contributed by atoms with van der Waals surface area (Å²) >= 11 is 7.40. The largest absolute Gasteiger partial charge is 0.320 e. The lowest BCUT2D eigenvalue weighted by Gasteiger charge is -2.20. The summed E-state index contributed by atoms with van der Waals surface area (Å²) in [5, 5.41) is 5.90. The molecule has 0 spiro atoms. The van der Waals surface area contributed by atoms with Crippen LogP contribution >= 0.6 is 23.4 Å². The van der Waals surface area contributed by atoms with Crippen LogP contribution in [0.15, 0.2) is 70.5 Å². The van der Waals surface area contributed by atoms with Gasteiger partial charge in [-0.1, -0.05) is 65.8 Å². The van der Waals surface area contributed by atoms with Crippen molar-refractivity contribution in [2.24, 2.45) is 0 Å². The first kappa shape index (κ1) is 14.4. The van der Waals surface area contributed by atoms with Crippen LogP contribution in [0, 0.1) is 0 Å². The van der Waals surface area contributed by atoms with Gasteiger partial charge in [0.1, 0.15) is 0 Å². The van der Waals surface area contributed by atoms with Crippen molar-refractivity contribution in [3.05, 3.63) is 76.2 Å². The molecule has 0 radical (unpaired) electrons. The topological polar surface area (TPSA) is 29.1 Å². The number of hydrogen-bond donors (Lipinski definition) is 1. The maximum absolute atomic E-state index is 12.4. The quantitative estimate of drug-likeness (QED) is 0.587. The van der Waals surface area contributed by atoms with Gasteiger partial charge in [0.25, 0.3) is 5.91 Å². The third-order valence-electron chi connectivity index (χ3n) is 3.74. The highest BCUT2D eigenvalue weighted by Gasteiger charge is 2.22. The van der Waals surface area contributed by atoms with Crippen LogP contribution in [0.1, 0.15) is 5.56 Å². The van der Waals surface area contributed by atoms with Gasteiger partial charge in [0.05, 0.1) is 10.6 Å². The molecule has 4 rings (SSSR count). The Morgan fingerprint density at radius 3 is 2.57 bits per heavy atom. The first-order valence-corrected chi connectivity index (χ1v) is 8.38. The summed E-state index contributed by atoms with van der Waals surface area (Å²) in [5.41, 5.74) is 1.85. The highest BCUT2D eigenvalue weighted by molar-refractivity contribution is 8.04. The summed E-state index contributed by atoms with van der Waals surface area (Å²) in [6, 6.07) is 19.6. The fourth-order valence-electron chi connectivity index (χ4n) is 2.61. The zero-order valence-corrected chi connectivity index (χ0v) is 13.6. The zero-order chi connectivity index (χ0) is 15.8. The molecule has 0 aromatic heterocycles. The number of carbonyl (C=O) groups excluding carboxylic acids is 1. The second-order valence-corrected chi connectivity index (χ2v) is 6.80. The highest BCUT2D eigenvalue weighted by atomic mass is 35.5. The predicted octanol–water partition coefficient (Wildman–Crippen LogP) is 5.58. The van der Waals surface area contributed by atoms with Crippen molar-refractivity contribution in [2.75, 3.05) is 5.32 Å². The van der Waals surface area contributed by atoms with Gasteiger partial charge in [0, 0.05) is 15.3 Å². The summed E-state index contributed by atoms with van der Waals surface area (Å²) in [6.07, 6.45) is 1.88. The Labute approximate surface area is 143 Å². The smallest absolute Gasteiger partial charge is 0.262 e. The number of anilines is 1. The van der Waals surface area contributed by atoms with Crippen molar-refractivity contribution in [1.29, 1.82) is 0 Å². The van der Waals surface area contributed by atoms with Crippen LogP contribution in [0.3, 0.4) is 0 Å². The van der Waals surface area contributed by atoms with E-state index in [2.05, 4.69) is 17.4 Å². The van der Waals surface area contributed by atoms with Gasteiger partial charge in [-0.2, -0.15) is 0 Å². The molecule has 1 aliphatic rings. The molecule has 0 bridgehead atoms. The molecule has 1 heterocycles. The van der Waals surface area contributed by atoms with Gasteiger partial charge in [-0.25, -0.2) is 0 Å². The van der Waals surface area contributed by atoms with E-state index in [0.717, 1.165) is 26.9 Å². The van der Waals surface area contributed by atoms with E-state index >= 15 is 0 Å². The van der Waals surface area contributed by atoms with E-state index < -0.39 is 0 Å². The van der Waals surface area contributed by atoms with Gasteiger partial charge in [0.2, 0.25) is 0 Å². The molecule has 1 amide bonds. The minimum absolute atomic E-state index is 0.0752. The molecule has 0 saturated carbocycles. The van der Waals surface area contributed by atoms with E-state index in [0.29, 0.717) is 9.93 Å². The van der Waals surface area contributed by atoms with Crippen LogP contribution in [0.5, 0.6) is 0 Å². The molecule has 0 aliphatic carbocycles. The number of fused-ring (bicyclic) bond motifs is 3. The molecule has 4 heteroatoms. The maximum Gasteiger partial charge on any atom is 0.262 e. The zero-order valence-electron chi connectivity index (χ0n) is 12.0. The molecule has 1 N–H and O–H groups in total. The highest BCUT2D eigenvalue weighted by Crippen LogP contribution is 2.42. The minimum atomic E-state index is -0.0752. The fraction of sp³-hybridized carbons (Fsp3) is 0. The molecule has 1 aliphatic heterocycles. The lowest BCUT2D eigenvalue weighted by Crippen LogP contribution is -2.17. The summed E-state index contributed by atoms with van der Waals surface area (Å²) in [5.74, 6) is -0.0752. The number of nitrogens with one attached hydrogen (secondary N) is 1. The molecule has 0 unspecified atom stereocenters. The lowest BCUT2D eigenvalue weighted by atomic mass is 10.1. The third-order valence-corrected chi connectivity index (χ3v) is 5.08. The summed E-state index contributed by atoms with van der Waals surface area (Å²) in [6.45, 7) is 0. The van der Waals surface area contributed by atoms with Crippen LogP contribution in [-0.4, -0.2) is 5.91 Å². The number of hydrogen-bond acceptors (Lipinski definition) is 2. The average Bonchev–Trinajstić information content (AvgIpc) is 2.58. The number of carbonyl (C=O) groups is 1. The molecule has 0 saturated heterocycles.